The van der Waals surface area contributed by atoms with Gasteiger partial charge in [0.15, 0.2) is 0 Å². The fourth-order valence-electron chi connectivity index (χ4n) is 4.26. The van der Waals surface area contributed by atoms with Crippen LogP contribution in [-0.2, 0) is 4.79 Å². The Morgan fingerprint density at radius 1 is 1.17 bits per heavy atom. The number of carbonyl (C=O) groups is 2. The van der Waals surface area contributed by atoms with Crippen LogP contribution >= 0.6 is 0 Å². The molecule has 6 heteroatoms. The molecule has 0 radical (unpaired) electrons. The smallest absolute Gasteiger partial charge is 0.321 e. The van der Waals surface area contributed by atoms with E-state index in [2.05, 4.69) is 16.0 Å². The maximum Gasteiger partial charge on any atom is 0.321 e. The van der Waals surface area contributed by atoms with Gasteiger partial charge < -0.3 is 16.0 Å². The molecule has 6 nitrogen and oxygen atoms in total. The molecular formula is C18H24N4O2. The molecule has 0 aliphatic carbocycles. The summed E-state index contributed by atoms with van der Waals surface area (Å²) in [6.07, 6.45) is 5.35. The van der Waals surface area contributed by atoms with E-state index in [1.165, 1.54) is 12.8 Å². The summed E-state index contributed by atoms with van der Waals surface area (Å²) < 4.78 is 0. The number of benzene rings is 1. The second-order valence-corrected chi connectivity index (χ2v) is 7.16. The highest BCUT2D eigenvalue weighted by molar-refractivity contribution is 5.95. The van der Waals surface area contributed by atoms with E-state index in [9.17, 15) is 9.59 Å². The number of carbonyl (C=O) groups excluding carboxylic acids is 2. The highest BCUT2D eigenvalue weighted by Gasteiger charge is 2.34. The lowest BCUT2D eigenvalue weighted by atomic mass is 9.89. The molecule has 2 unspecified atom stereocenters. The van der Waals surface area contributed by atoms with E-state index in [-0.39, 0.29) is 11.9 Å². The Balaban J connectivity index is 1.31. The van der Waals surface area contributed by atoms with Crippen LogP contribution in [0.4, 0.5) is 16.2 Å². The summed E-state index contributed by atoms with van der Waals surface area (Å²) in [5, 5.41) is 9.39. The Hall–Kier alpha value is -2.08. The maximum absolute atomic E-state index is 12.3. The number of anilines is 2. The SMILES string of the molecule is O=C(CC1CC2CCC(C1)N2)Nc1ccc(N2CCNC2=O)cc1. The first-order valence-corrected chi connectivity index (χ1v) is 8.89. The van der Waals surface area contributed by atoms with E-state index in [0.29, 0.717) is 37.5 Å². The van der Waals surface area contributed by atoms with Gasteiger partial charge in [0.1, 0.15) is 0 Å². The Morgan fingerprint density at radius 2 is 1.88 bits per heavy atom. The zero-order valence-electron chi connectivity index (χ0n) is 13.8. The second kappa shape index (κ2) is 6.43. The minimum absolute atomic E-state index is 0.0627. The molecule has 0 aromatic heterocycles. The van der Waals surface area contributed by atoms with Gasteiger partial charge in [-0.25, -0.2) is 4.79 Å². The van der Waals surface area contributed by atoms with Crippen LogP contribution in [0.25, 0.3) is 0 Å². The Labute approximate surface area is 142 Å². The van der Waals surface area contributed by atoms with Gasteiger partial charge in [0.05, 0.1) is 0 Å². The minimum atomic E-state index is -0.0627. The lowest BCUT2D eigenvalue weighted by molar-refractivity contribution is -0.117. The highest BCUT2D eigenvalue weighted by atomic mass is 16.2. The van der Waals surface area contributed by atoms with Gasteiger partial charge in [-0.1, -0.05) is 0 Å². The van der Waals surface area contributed by atoms with Gasteiger partial charge in [0.25, 0.3) is 0 Å². The lowest BCUT2D eigenvalue weighted by Gasteiger charge is -2.28. The normalized spacial score (nSPS) is 28.8. The monoisotopic (exact) mass is 328 g/mol. The van der Waals surface area contributed by atoms with Crippen molar-refractivity contribution in [1.82, 2.24) is 10.6 Å². The molecule has 3 aliphatic heterocycles. The summed E-state index contributed by atoms with van der Waals surface area (Å²) in [4.78, 5) is 25.7. The van der Waals surface area contributed by atoms with Crippen LogP contribution in [0.5, 0.6) is 0 Å². The molecule has 3 saturated heterocycles. The van der Waals surface area contributed by atoms with Crippen molar-refractivity contribution in [3.8, 4) is 0 Å². The summed E-state index contributed by atoms with van der Waals surface area (Å²) >= 11 is 0. The van der Waals surface area contributed by atoms with Crippen LogP contribution in [0.2, 0.25) is 0 Å². The Morgan fingerprint density at radius 3 is 2.50 bits per heavy atom. The van der Waals surface area contributed by atoms with Crippen molar-refractivity contribution in [2.45, 2.75) is 44.2 Å². The van der Waals surface area contributed by atoms with E-state index >= 15 is 0 Å². The number of piperidine rings is 1. The number of hydrogen-bond donors (Lipinski definition) is 3. The second-order valence-electron chi connectivity index (χ2n) is 7.16. The highest BCUT2D eigenvalue weighted by Crippen LogP contribution is 2.32. The summed E-state index contributed by atoms with van der Waals surface area (Å²) in [5.74, 6) is 0.587. The zero-order chi connectivity index (χ0) is 16.5. The molecule has 128 valence electrons. The number of nitrogens with one attached hydrogen (secondary N) is 3. The standard InChI is InChI=1S/C18H24N4O2/c23-17(11-12-9-14-1-2-15(10-12)20-14)21-13-3-5-16(6-4-13)22-8-7-19-18(22)24/h3-6,12,14-15,20H,1-2,7-11H2,(H,19,24)(H,21,23). The number of amides is 3. The van der Waals surface area contributed by atoms with Crippen LogP contribution in [0, 0.1) is 5.92 Å². The topological polar surface area (TPSA) is 73.5 Å². The van der Waals surface area contributed by atoms with E-state index in [4.69, 9.17) is 0 Å². The van der Waals surface area contributed by atoms with Gasteiger partial charge in [-0.2, -0.15) is 0 Å². The molecule has 2 atom stereocenters. The predicted octanol–water partition coefficient (Wildman–Crippen LogP) is 2.08. The third-order valence-corrected chi connectivity index (χ3v) is 5.36. The van der Waals surface area contributed by atoms with Gasteiger partial charge in [0, 0.05) is 43.0 Å². The molecule has 0 spiro atoms. The zero-order valence-corrected chi connectivity index (χ0v) is 13.8. The van der Waals surface area contributed by atoms with Crippen molar-refractivity contribution >= 4 is 23.3 Å². The fraction of sp³-hybridized carbons (Fsp3) is 0.556. The summed E-state index contributed by atoms with van der Waals surface area (Å²) in [5.41, 5.74) is 1.65. The number of nitrogens with zero attached hydrogens (tertiary/aromatic N) is 1. The molecular weight excluding hydrogens is 304 g/mol. The molecule has 3 amide bonds. The Bertz CT molecular complexity index is 618. The van der Waals surface area contributed by atoms with Crippen molar-refractivity contribution in [3.05, 3.63) is 24.3 Å². The molecule has 3 N–H and O–H groups in total. The van der Waals surface area contributed by atoms with Gasteiger partial charge in [-0.3, -0.25) is 9.69 Å². The van der Waals surface area contributed by atoms with Crippen molar-refractivity contribution in [2.75, 3.05) is 23.3 Å². The molecule has 2 bridgehead atoms. The molecule has 0 saturated carbocycles. The number of urea groups is 1. The van der Waals surface area contributed by atoms with E-state index in [1.54, 1.807) is 4.90 Å². The molecule has 1 aromatic carbocycles. The number of hydrogen-bond acceptors (Lipinski definition) is 3. The van der Waals surface area contributed by atoms with Crippen molar-refractivity contribution < 1.29 is 9.59 Å². The average Bonchev–Trinajstić information content (AvgIpc) is 3.13. The van der Waals surface area contributed by atoms with Gasteiger partial charge in [0.2, 0.25) is 5.91 Å². The van der Waals surface area contributed by atoms with Gasteiger partial charge in [-0.15, -0.1) is 0 Å². The summed E-state index contributed by atoms with van der Waals surface area (Å²) in [6, 6.07) is 8.67. The third kappa shape index (κ3) is 3.24. The van der Waals surface area contributed by atoms with E-state index in [0.717, 1.165) is 24.2 Å². The largest absolute Gasteiger partial charge is 0.336 e. The van der Waals surface area contributed by atoms with E-state index < -0.39 is 0 Å². The first-order chi connectivity index (χ1) is 11.7. The molecule has 3 fully saturated rings. The third-order valence-electron chi connectivity index (χ3n) is 5.36. The minimum Gasteiger partial charge on any atom is -0.336 e. The van der Waals surface area contributed by atoms with E-state index in [1.807, 2.05) is 24.3 Å². The molecule has 3 aliphatic rings. The molecule has 24 heavy (non-hydrogen) atoms. The summed E-state index contributed by atoms with van der Waals surface area (Å²) in [6.45, 7) is 1.36. The van der Waals surface area contributed by atoms with Crippen LogP contribution in [0.1, 0.15) is 32.1 Å². The molecule has 1 aromatic rings. The molecule has 4 rings (SSSR count). The fourth-order valence-corrected chi connectivity index (χ4v) is 4.26. The lowest BCUT2D eigenvalue weighted by Crippen LogP contribution is -2.39. The first kappa shape index (κ1) is 15.4. The van der Waals surface area contributed by atoms with Crippen molar-refractivity contribution in [1.29, 1.82) is 0 Å². The van der Waals surface area contributed by atoms with Crippen LogP contribution < -0.4 is 20.9 Å². The number of fused-ring (bicyclic) bond motifs is 2. The molecule has 3 heterocycles. The average molecular weight is 328 g/mol. The van der Waals surface area contributed by atoms with Crippen LogP contribution in [-0.4, -0.2) is 37.1 Å². The van der Waals surface area contributed by atoms with Crippen molar-refractivity contribution in [2.24, 2.45) is 5.92 Å². The summed E-state index contributed by atoms with van der Waals surface area (Å²) in [7, 11) is 0. The number of rotatable bonds is 4. The van der Waals surface area contributed by atoms with Crippen LogP contribution in [0.3, 0.4) is 0 Å². The first-order valence-electron chi connectivity index (χ1n) is 8.89. The maximum atomic E-state index is 12.3. The van der Waals surface area contributed by atoms with Crippen molar-refractivity contribution in [3.63, 3.8) is 0 Å². The predicted molar refractivity (Wildman–Crippen MR) is 93.1 cm³/mol. The van der Waals surface area contributed by atoms with Gasteiger partial charge >= 0.3 is 6.03 Å². The Kier molecular flexibility index (Phi) is 4.14. The van der Waals surface area contributed by atoms with Gasteiger partial charge in [-0.05, 0) is 55.9 Å². The van der Waals surface area contributed by atoms with Crippen LogP contribution in [0.15, 0.2) is 24.3 Å². The quantitative estimate of drug-likeness (QED) is 0.792.